The van der Waals surface area contributed by atoms with Gasteiger partial charge in [-0.1, -0.05) is 18.2 Å². The zero-order valence-electron chi connectivity index (χ0n) is 11.7. The summed E-state index contributed by atoms with van der Waals surface area (Å²) in [6.07, 6.45) is 2.37. The maximum atomic E-state index is 13.3. The first-order chi connectivity index (χ1) is 9.35. The molecule has 1 saturated heterocycles. The molecule has 0 aromatic heterocycles. The SMILES string of the molecule is C=CCN(Cc1cccc(F)c1)[C@@]1(C)CCS(=O)(=O)C1. The Labute approximate surface area is 120 Å². The van der Waals surface area contributed by atoms with E-state index < -0.39 is 15.4 Å². The van der Waals surface area contributed by atoms with Crippen LogP contribution in [0.3, 0.4) is 0 Å². The molecule has 20 heavy (non-hydrogen) atoms. The van der Waals surface area contributed by atoms with Crippen LogP contribution < -0.4 is 0 Å². The van der Waals surface area contributed by atoms with Crippen molar-refractivity contribution in [2.75, 3.05) is 18.1 Å². The number of hydrogen-bond acceptors (Lipinski definition) is 3. The summed E-state index contributed by atoms with van der Waals surface area (Å²) in [7, 11) is -2.97. The highest BCUT2D eigenvalue weighted by atomic mass is 32.2. The molecule has 0 spiro atoms. The van der Waals surface area contributed by atoms with Crippen LogP contribution in [0.15, 0.2) is 36.9 Å². The van der Waals surface area contributed by atoms with Crippen LogP contribution in [0.25, 0.3) is 0 Å². The van der Waals surface area contributed by atoms with Gasteiger partial charge in [0.25, 0.3) is 0 Å². The first kappa shape index (κ1) is 15.2. The van der Waals surface area contributed by atoms with E-state index >= 15 is 0 Å². The molecule has 0 radical (unpaired) electrons. The lowest BCUT2D eigenvalue weighted by atomic mass is 9.98. The maximum absolute atomic E-state index is 13.3. The molecular formula is C15H20FNO2S. The Morgan fingerprint density at radius 3 is 2.80 bits per heavy atom. The summed E-state index contributed by atoms with van der Waals surface area (Å²) in [5, 5.41) is 0. The molecule has 1 aromatic carbocycles. The Kier molecular flexibility index (Phi) is 4.30. The zero-order valence-corrected chi connectivity index (χ0v) is 12.5. The second kappa shape index (κ2) is 5.66. The Bertz CT molecular complexity index is 600. The van der Waals surface area contributed by atoms with Crippen LogP contribution in [0.4, 0.5) is 4.39 Å². The fraction of sp³-hybridized carbons (Fsp3) is 0.467. The largest absolute Gasteiger partial charge is 0.289 e. The van der Waals surface area contributed by atoms with Crippen LogP contribution in [0.1, 0.15) is 18.9 Å². The molecule has 1 aliphatic heterocycles. The Morgan fingerprint density at radius 1 is 1.50 bits per heavy atom. The van der Waals surface area contributed by atoms with E-state index in [9.17, 15) is 12.8 Å². The Hall–Kier alpha value is -1.20. The summed E-state index contributed by atoms with van der Waals surface area (Å²) in [6.45, 7) is 6.80. The zero-order chi connectivity index (χ0) is 14.8. The smallest absolute Gasteiger partial charge is 0.152 e. The fourth-order valence-electron chi connectivity index (χ4n) is 2.73. The quantitative estimate of drug-likeness (QED) is 0.783. The van der Waals surface area contributed by atoms with Crippen LogP contribution in [0, 0.1) is 5.82 Å². The Morgan fingerprint density at radius 2 is 2.25 bits per heavy atom. The van der Waals surface area contributed by atoms with Crippen LogP contribution >= 0.6 is 0 Å². The average Bonchev–Trinajstić information content (AvgIpc) is 2.64. The highest BCUT2D eigenvalue weighted by molar-refractivity contribution is 7.91. The van der Waals surface area contributed by atoms with Crippen molar-refractivity contribution < 1.29 is 12.8 Å². The minimum absolute atomic E-state index is 0.156. The van der Waals surface area contributed by atoms with Gasteiger partial charge in [-0.3, -0.25) is 4.90 Å². The molecular weight excluding hydrogens is 277 g/mol. The number of hydrogen-bond donors (Lipinski definition) is 0. The number of rotatable bonds is 5. The fourth-order valence-corrected chi connectivity index (χ4v) is 4.90. The molecule has 2 rings (SSSR count). The first-order valence-corrected chi connectivity index (χ1v) is 8.48. The van der Waals surface area contributed by atoms with Crippen molar-refractivity contribution in [2.24, 2.45) is 0 Å². The van der Waals surface area contributed by atoms with E-state index in [2.05, 4.69) is 11.5 Å². The third kappa shape index (κ3) is 3.46. The molecule has 1 aliphatic rings. The van der Waals surface area contributed by atoms with Gasteiger partial charge in [0.15, 0.2) is 9.84 Å². The minimum atomic E-state index is -2.97. The highest BCUT2D eigenvalue weighted by Gasteiger charge is 2.42. The van der Waals surface area contributed by atoms with Gasteiger partial charge in [0, 0.05) is 18.6 Å². The van der Waals surface area contributed by atoms with Gasteiger partial charge in [-0.25, -0.2) is 12.8 Å². The summed E-state index contributed by atoms with van der Waals surface area (Å²) < 4.78 is 36.8. The molecule has 0 saturated carbocycles. The van der Waals surface area contributed by atoms with Gasteiger partial charge in [-0.05, 0) is 31.0 Å². The number of sulfone groups is 1. The van der Waals surface area contributed by atoms with Crippen molar-refractivity contribution in [1.29, 1.82) is 0 Å². The molecule has 5 heteroatoms. The van der Waals surface area contributed by atoms with Gasteiger partial charge < -0.3 is 0 Å². The molecule has 110 valence electrons. The third-order valence-corrected chi connectivity index (χ3v) is 5.75. The Balaban J connectivity index is 2.21. The molecule has 1 atom stereocenters. The summed E-state index contributed by atoms with van der Waals surface area (Å²) >= 11 is 0. The van der Waals surface area contributed by atoms with E-state index in [0.29, 0.717) is 19.5 Å². The second-order valence-electron chi connectivity index (χ2n) is 5.64. The first-order valence-electron chi connectivity index (χ1n) is 6.65. The lowest BCUT2D eigenvalue weighted by molar-refractivity contribution is 0.133. The number of benzene rings is 1. The van der Waals surface area contributed by atoms with E-state index in [0.717, 1.165) is 5.56 Å². The van der Waals surface area contributed by atoms with Crippen molar-refractivity contribution in [3.63, 3.8) is 0 Å². The van der Waals surface area contributed by atoms with Crippen LogP contribution in [0.2, 0.25) is 0 Å². The summed E-state index contributed by atoms with van der Waals surface area (Å²) in [6, 6.07) is 6.42. The minimum Gasteiger partial charge on any atom is -0.289 e. The monoisotopic (exact) mass is 297 g/mol. The van der Waals surface area contributed by atoms with Gasteiger partial charge in [0.05, 0.1) is 11.5 Å². The van der Waals surface area contributed by atoms with E-state index in [1.54, 1.807) is 12.1 Å². The van der Waals surface area contributed by atoms with Gasteiger partial charge in [-0.2, -0.15) is 0 Å². The molecule has 0 amide bonds. The number of halogens is 1. The average molecular weight is 297 g/mol. The van der Waals surface area contributed by atoms with Gasteiger partial charge >= 0.3 is 0 Å². The van der Waals surface area contributed by atoms with Crippen molar-refractivity contribution in [3.8, 4) is 0 Å². The lowest BCUT2D eigenvalue weighted by Gasteiger charge is -2.37. The molecule has 1 heterocycles. The summed E-state index contributed by atoms with van der Waals surface area (Å²) in [4.78, 5) is 2.07. The molecule has 0 aliphatic carbocycles. The van der Waals surface area contributed by atoms with E-state index in [-0.39, 0.29) is 17.3 Å². The molecule has 0 unspecified atom stereocenters. The van der Waals surface area contributed by atoms with Crippen molar-refractivity contribution >= 4 is 9.84 Å². The second-order valence-corrected chi connectivity index (χ2v) is 7.82. The predicted octanol–water partition coefficient (Wildman–Crippen LogP) is 2.39. The molecule has 0 bridgehead atoms. The van der Waals surface area contributed by atoms with Gasteiger partial charge in [0.1, 0.15) is 5.82 Å². The van der Waals surface area contributed by atoms with Crippen molar-refractivity contribution in [2.45, 2.75) is 25.4 Å². The highest BCUT2D eigenvalue weighted by Crippen LogP contribution is 2.30. The predicted molar refractivity (Wildman–Crippen MR) is 78.7 cm³/mol. The summed E-state index contributed by atoms with van der Waals surface area (Å²) in [5.41, 5.74) is 0.441. The van der Waals surface area contributed by atoms with Crippen molar-refractivity contribution in [3.05, 3.63) is 48.3 Å². The van der Waals surface area contributed by atoms with Gasteiger partial charge in [0.2, 0.25) is 0 Å². The van der Waals surface area contributed by atoms with Crippen LogP contribution in [-0.2, 0) is 16.4 Å². The van der Waals surface area contributed by atoms with Crippen LogP contribution in [-0.4, -0.2) is 36.9 Å². The molecule has 1 fully saturated rings. The summed E-state index contributed by atoms with van der Waals surface area (Å²) in [5.74, 6) is 0.106. The van der Waals surface area contributed by atoms with E-state index in [1.807, 2.05) is 13.0 Å². The third-order valence-electron chi connectivity index (χ3n) is 3.86. The normalized spacial score (nSPS) is 24.9. The van der Waals surface area contributed by atoms with E-state index in [1.165, 1.54) is 12.1 Å². The molecule has 0 N–H and O–H groups in total. The van der Waals surface area contributed by atoms with Gasteiger partial charge in [-0.15, -0.1) is 6.58 Å². The molecule has 3 nitrogen and oxygen atoms in total. The maximum Gasteiger partial charge on any atom is 0.152 e. The topological polar surface area (TPSA) is 37.4 Å². The number of nitrogens with zero attached hydrogens (tertiary/aromatic N) is 1. The van der Waals surface area contributed by atoms with E-state index in [4.69, 9.17) is 0 Å². The lowest BCUT2D eigenvalue weighted by Crippen LogP contribution is -2.47. The van der Waals surface area contributed by atoms with Crippen LogP contribution in [0.5, 0.6) is 0 Å². The standard InChI is InChI=1S/C15H20FNO2S/c1-3-8-17(11-13-5-4-6-14(16)10-13)15(2)7-9-20(18,19)12-15/h3-6,10H,1,7-9,11-12H2,2H3/t15-/m0/s1. The van der Waals surface area contributed by atoms with Crippen molar-refractivity contribution in [1.82, 2.24) is 4.90 Å². The molecule has 1 aromatic rings.